The van der Waals surface area contributed by atoms with Gasteiger partial charge in [0.2, 0.25) is 0 Å². The molecule has 1 unspecified atom stereocenters. The zero-order valence-corrected chi connectivity index (χ0v) is 10.5. The number of hydrogen-bond acceptors (Lipinski definition) is 3. The molecule has 0 amide bonds. The van der Waals surface area contributed by atoms with Gasteiger partial charge in [-0.25, -0.2) is 0 Å². The SMILES string of the molecule is C=CCNCC(C)N1CCN(C2CC2)CC1. The molecule has 16 heavy (non-hydrogen) atoms. The number of hydrogen-bond donors (Lipinski definition) is 1. The van der Waals surface area contributed by atoms with E-state index in [9.17, 15) is 0 Å². The van der Waals surface area contributed by atoms with Crippen LogP contribution in [-0.2, 0) is 0 Å². The van der Waals surface area contributed by atoms with Crippen LogP contribution in [0.3, 0.4) is 0 Å². The van der Waals surface area contributed by atoms with Crippen LogP contribution in [0.2, 0.25) is 0 Å². The van der Waals surface area contributed by atoms with Crippen LogP contribution in [0.4, 0.5) is 0 Å². The standard InChI is InChI=1S/C13H25N3/c1-3-6-14-11-12(2)15-7-9-16(10-8-15)13-4-5-13/h3,12-14H,1,4-11H2,2H3. The Kier molecular flexibility index (Phi) is 4.38. The monoisotopic (exact) mass is 223 g/mol. The van der Waals surface area contributed by atoms with Gasteiger partial charge in [-0.1, -0.05) is 6.08 Å². The Hall–Kier alpha value is -0.380. The number of rotatable bonds is 6. The van der Waals surface area contributed by atoms with Gasteiger partial charge in [0, 0.05) is 51.4 Å². The van der Waals surface area contributed by atoms with Crippen molar-refractivity contribution in [2.45, 2.75) is 31.8 Å². The lowest BCUT2D eigenvalue weighted by Crippen LogP contribution is -2.52. The summed E-state index contributed by atoms with van der Waals surface area (Å²) in [6, 6.07) is 1.60. The van der Waals surface area contributed by atoms with Crippen molar-refractivity contribution in [2.75, 3.05) is 39.3 Å². The lowest BCUT2D eigenvalue weighted by atomic mass is 10.2. The van der Waals surface area contributed by atoms with Crippen molar-refractivity contribution in [1.82, 2.24) is 15.1 Å². The molecule has 1 heterocycles. The van der Waals surface area contributed by atoms with Crippen molar-refractivity contribution in [3.05, 3.63) is 12.7 Å². The van der Waals surface area contributed by atoms with Gasteiger partial charge in [0.15, 0.2) is 0 Å². The first-order valence-electron chi connectivity index (χ1n) is 6.61. The van der Waals surface area contributed by atoms with E-state index in [1.54, 1.807) is 0 Å². The summed E-state index contributed by atoms with van der Waals surface area (Å²) < 4.78 is 0. The molecule has 0 aromatic carbocycles. The average molecular weight is 223 g/mol. The highest BCUT2D eigenvalue weighted by Gasteiger charge is 2.31. The number of piperazine rings is 1. The third kappa shape index (κ3) is 3.30. The van der Waals surface area contributed by atoms with Crippen LogP contribution in [-0.4, -0.2) is 61.2 Å². The fraction of sp³-hybridized carbons (Fsp3) is 0.846. The number of nitrogens with one attached hydrogen (secondary N) is 1. The molecule has 0 aromatic heterocycles. The molecule has 0 bridgehead atoms. The summed E-state index contributed by atoms with van der Waals surface area (Å²) in [5.74, 6) is 0. The molecule has 1 aliphatic heterocycles. The lowest BCUT2D eigenvalue weighted by molar-refractivity contribution is 0.0973. The molecule has 0 radical (unpaired) electrons. The highest BCUT2D eigenvalue weighted by molar-refractivity contribution is 4.88. The molecule has 1 N–H and O–H groups in total. The predicted molar refractivity (Wildman–Crippen MR) is 68.7 cm³/mol. The summed E-state index contributed by atoms with van der Waals surface area (Å²) in [6.45, 7) is 13.1. The zero-order valence-electron chi connectivity index (χ0n) is 10.5. The van der Waals surface area contributed by atoms with Gasteiger partial charge >= 0.3 is 0 Å². The summed E-state index contributed by atoms with van der Waals surface area (Å²) >= 11 is 0. The van der Waals surface area contributed by atoms with Gasteiger partial charge in [0.25, 0.3) is 0 Å². The van der Waals surface area contributed by atoms with E-state index in [-0.39, 0.29) is 0 Å². The Labute approximate surface area is 99.5 Å². The van der Waals surface area contributed by atoms with Crippen molar-refractivity contribution >= 4 is 0 Å². The van der Waals surface area contributed by atoms with Crippen LogP contribution in [0.5, 0.6) is 0 Å². The normalized spacial score (nSPS) is 25.6. The molecule has 3 nitrogen and oxygen atoms in total. The van der Waals surface area contributed by atoms with E-state index in [2.05, 4.69) is 28.6 Å². The van der Waals surface area contributed by atoms with Crippen molar-refractivity contribution < 1.29 is 0 Å². The van der Waals surface area contributed by atoms with Gasteiger partial charge in [-0.05, 0) is 19.8 Å². The molecule has 1 saturated carbocycles. The average Bonchev–Trinajstić information content (AvgIpc) is 3.13. The maximum absolute atomic E-state index is 3.72. The van der Waals surface area contributed by atoms with E-state index < -0.39 is 0 Å². The maximum atomic E-state index is 3.72. The van der Waals surface area contributed by atoms with E-state index in [0.29, 0.717) is 6.04 Å². The molecule has 0 spiro atoms. The van der Waals surface area contributed by atoms with Gasteiger partial charge in [-0.2, -0.15) is 0 Å². The Balaban J connectivity index is 1.64. The molecule has 1 atom stereocenters. The molecular formula is C13H25N3. The van der Waals surface area contributed by atoms with Gasteiger partial charge in [-0.3, -0.25) is 9.80 Å². The second-order valence-electron chi connectivity index (χ2n) is 5.10. The highest BCUT2D eigenvalue weighted by Crippen LogP contribution is 2.27. The van der Waals surface area contributed by atoms with E-state index in [1.807, 2.05) is 6.08 Å². The Bertz CT molecular complexity index is 217. The largest absolute Gasteiger partial charge is 0.312 e. The minimum absolute atomic E-state index is 0.654. The fourth-order valence-electron chi connectivity index (χ4n) is 2.51. The summed E-state index contributed by atoms with van der Waals surface area (Å²) in [7, 11) is 0. The van der Waals surface area contributed by atoms with Gasteiger partial charge in [0.1, 0.15) is 0 Å². The van der Waals surface area contributed by atoms with Crippen molar-refractivity contribution in [2.24, 2.45) is 0 Å². The first-order valence-corrected chi connectivity index (χ1v) is 6.61. The first kappa shape index (κ1) is 12.1. The summed E-state index contributed by atoms with van der Waals surface area (Å²) in [5.41, 5.74) is 0. The highest BCUT2D eigenvalue weighted by atomic mass is 15.3. The molecule has 3 heteroatoms. The molecule has 1 saturated heterocycles. The van der Waals surface area contributed by atoms with Crippen LogP contribution in [0, 0.1) is 0 Å². The first-order chi connectivity index (χ1) is 7.81. The molecule has 2 aliphatic rings. The second-order valence-corrected chi connectivity index (χ2v) is 5.10. The van der Waals surface area contributed by atoms with E-state index in [0.717, 1.165) is 19.1 Å². The molecular weight excluding hydrogens is 198 g/mol. The maximum Gasteiger partial charge on any atom is 0.0193 e. The van der Waals surface area contributed by atoms with Crippen LogP contribution in [0.1, 0.15) is 19.8 Å². The smallest absolute Gasteiger partial charge is 0.0193 e. The molecule has 1 aliphatic carbocycles. The van der Waals surface area contributed by atoms with Crippen LogP contribution in [0.25, 0.3) is 0 Å². The van der Waals surface area contributed by atoms with Crippen LogP contribution in [0.15, 0.2) is 12.7 Å². The van der Waals surface area contributed by atoms with Crippen LogP contribution < -0.4 is 5.32 Å². The molecule has 2 rings (SSSR count). The van der Waals surface area contributed by atoms with Gasteiger partial charge in [-0.15, -0.1) is 6.58 Å². The molecule has 2 fully saturated rings. The molecule has 0 aromatic rings. The predicted octanol–water partition coefficient (Wildman–Crippen LogP) is 0.930. The third-order valence-corrected chi connectivity index (χ3v) is 3.76. The summed E-state index contributed by atoms with van der Waals surface area (Å²) in [6.07, 6.45) is 4.81. The topological polar surface area (TPSA) is 18.5 Å². The Morgan fingerprint density at radius 3 is 2.56 bits per heavy atom. The minimum atomic E-state index is 0.654. The number of nitrogens with zero attached hydrogens (tertiary/aromatic N) is 2. The summed E-state index contributed by atoms with van der Waals surface area (Å²) in [4.78, 5) is 5.27. The second kappa shape index (κ2) is 5.80. The fourth-order valence-corrected chi connectivity index (χ4v) is 2.51. The third-order valence-electron chi connectivity index (χ3n) is 3.76. The zero-order chi connectivity index (χ0) is 11.4. The minimum Gasteiger partial charge on any atom is -0.312 e. The Morgan fingerprint density at radius 1 is 1.31 bits per heavy atom. The van der Waals surface area contributed by atoms with Crippen molar-refractivity contribution in [1.29, 1.82) is 0 Å². The quantitative estimate of drug-likeness (QED) is 0.534. The van der Waals surface area contributed by atoms with Crippen LogP contribution >= 0.6 is 0 Å². The van der Waals surface area contributed by atoms with Gasteiger partial charge in [0.05, 0.1) is 0 Å². The van der Waals surface area contributed by atoms with Gasteiger partial charge < -0.3 is 5.32 Å². The lowest BCUT2D eigenvalue weighted by Gasteiger charge is -2.38. The molecule has 92 valence electrons. The summed E-state index contributed by atoms with van der Waals surface area (Å²) in [5, 5.41) is 3.41. The van der Waals surface area contributed by atoms with E-state index in [4.69, 9.17) is 0 Å². The van der Waals surface area contributed by atoms with Crippen molar-refractivity contribution in [3.8, 4) is 0 Å². The van der Waals surface area contributed by atoms with E-state index >= 15 is 0 Å². The van der Waals surface area contributed by atoms with E-state index in [1.165, 1.54) is 39.0 Å². The Morgan fingerprint density at radius 2 is 2.00 bits per heavy atom. The van der Waals surface area contributed by atoms with Crippen molar-refractivity contribution in [3.63, 3.8) is 0 Å².